The fourth-order valence-electron chi connectivity index (χ4n) is 1.78. The van der Waals surface area contributed by atoms with Gasteiger partial charge in [-0.3, -0.25) is 9.69 Å². The maximum atomic E-state index is 12.1. The molecule has 0 aliphatic rings. The van der Waals surface area contributed by atoms with E-state index in [2.05, 4.69) is 41.6 Å². The number of Topliss-reactive ketones (excluding diaryl/α,β-unsaturated/α-hetero) is 1. The summed E-state index contributed by atoms with van der Waals surface area (Å²) in [5, 5.41) is 0. The third kappa shape index (κ3) is 5.00. The first kappa shape index (κ1) is 14.4. The van der Waals surface area contributed by atoms with Crippen LogP contribution in [0.4, 0.5) is 0 Å². The van der Waals surface area contributed by atoms with Crippen LogP contribution in [-0.4, -0.2) is 30.3 Å². The highest BCUT2D eigenvalue weighted by Gasteiger charge is 2.12. The van der Waals surface area contributed by atoms with Crippen molar-refractivity contribution in [2.24, 2.45) is 5.92 Å². The molecule has 0 saturated carbocycles. The minimum Gasteiger partial charge on any atom is -0.296 e. The fourth-order valence-corrected chi connectivity index (χ4v) is 2.18. The molecule has 0 unspecified atom stereocenters. The van der Waals surface area contributed by atoms with E-state index < -0.39 is 0 Å². The maximum Gasteiger partial charge on any atom is 0.176 e. The van der Waals surface area contributed by atoms with E-state index in [4.69, 9.17) is 0 Å². The minimum absolute atomic E-state index is 0.189. The second-order valence-corrected chi connectivity index (χ2v) is 5.57. The lowest BCUT2D eigenvalue weighted by molar-refractivity contribution is 0.0926. The number of nitrogens with zero attached hydrogens (tertiary/aromatic N) is 1. The smallest absolute Gasteiger partial charge is 0.176 e. The van der Waals surface area contributed by atoms with Crippen molar-refractivity contribution in [2.75, 3.05) is 19.6 Å². The van der Waals surface area contributed by atoms with Gasteiger partial charge in [0.05, 0.1) is 6.54 Å². The molecular formula is C14H20BrNO. The van der Waals surface area contributed by atoms with Crippen LogP contribution in [0.5, 0.6) is 0 Å². The van der Waals surface area contributed by atoms with Gasteiger partial charge in [0.25, 0.3) is 0 Å². The normalized spacial score (nSPS) is 11.2. The molecule has 0 N–H and O–H groups in total. The van der Waals surface area contributed by atoms with Crippen LogP contribution < -0.4 is 0 Å². The zero-order valence-corrected chi connectivity index (χ0v) is 12.3. The Morgan fingerprint density at radius 2 is 2.12 bits per heavy atom. The molecule has 0 aromatic heterocycles. The van der Waals surface area contributed by atoms with E-state index in [0.29, 0.717) is 12.5 Å². The monoisotopic (exact) mass is 297 g/mol. The van der Waals surface area contributed by atoms with Gasteiger partial charge in [-0.25, -0.2) is 0 Å². The van der Waals surface area contributed by atoms with Crippen molar-refractivity contribution in [3.63, 3.8) is 0 Å². The first-order valence-electron chi connectivity index (χ1n) is 6.04. The molecule has 0 heterocycles. The van der Waals surface area contributed by atoms with Crippen LogP contribution in [0.3, 0.4) is 0 Å². The molecule has 3 heteroatoms. The van der Waals surface area contributed by atoms with Crippen molar-refractivity contribution in [1.82, 2.24) is 4.90 Å². The Morgan fingerprint density at radius 1 is 1.41 bits per heavy atom. The van der Waals surface area contributed by atoms with Crippen LogP contribution in [0.1, 0.15) is 31.1 Å². The maximum absolute atomic E-state index is 12.1. The average Bonchev–Trinajstić information content (AvgIpc) is 2.27. The summed E-state index contributed by atoms with van der Waals surface area (Å²) in [7, 11) is 0. The summed E-state index contributed by atoms with van der Waals surface area (Å²) < 4.78 is 0.954. The molecule has 0 saturated heterocycles. The van der Waals surface area contributed by atoms with Gasteiger partial charge in [0, 0.05) is 16.6 Å². The van der Waals surface area contributed by atoms with E-state index in [1.807, 2.05) is 24.3 Å². The van der Waals surface area contributed by atoms with E-state index >= 15 is 0 Å². The molecule has 2 nitrogen and oxygen atoms in total. The Hall–Kier alpha value is -0.670. The van der Waals surface area contributed by atoms with Gasteiger partial charge >= 0.3 is 0 Å². The highest BCUT2D eigenvalue weighted by atomic mass is 79.9. The highest BCUT2D eigenvalue weighted by molar-refractivity contribution is 9.10. The number of benzene rings is 1. The van der Waals surface area contributed by atoms with E-state index in [1.54, 1.807) is 0 Å². The second kappa shape index (κ2) is 6.92. The first-order chi connectivity index (χ1) is 8.02. The van der Waals surface area contributed by atoms with Crippen LogP contribution in [0.25, 0.3) is 0 Å². The van der Waals surface area contributed by atoms with Crippen molar-refractivity contribution in [3.05, 3.63) is 34.3 Å². The lowest BCUT2D eigenvalue weighted by Crippen LogP contribution is -2.32. The lowest BCUT2D eigenvalue weighted by atomic mass is 10.1. The molecule has 17 heavy (non-hydrogen) atoms. The third-order valence-corrected chi connectivity index (χ3v) is 3.08. The predicted molar refractivity (Wildman–Crippen MR) is 75.4 cm³/mol. The summed E-state index contributed by atoms with van der Waals surface area (Å²) in [6, 6.07) is 7.58. The number of halogens is 1. The van der Waals surface area contributed by atoms with Crippen molar-refractivity contribution in [1.29, 1.82) is 0 Å². The Kier molecular flexibility index (Phi) is 5.86. The van der Waals surface area contributed by atoms with Crippen LogP contribution in [-0.2, 0) is 0 Å². The molecule has 0 radical (unpaired) electrons. The second-order valence-electron chi connectivity index (χ2n) is 4.66. The molecule has 0 atom stereocenters. The predicted octanol–water partition coefficient (Wildman–Crippen LogP) is 3.61. The number of carbonyl (C=O) groups excluding carboxylic acids is 1. The van der Waals surface area contributed by atoms with Gasteiger partial charge in [-0.15, -0.1) is 0 Å². The Bertz CT molecular complexity index is 376. The van der Waals surface area contributed by atoms with Crippen molar-refractivity contribution >= 4 is 21.7 Å². The van der Waals surface area contributed by atoms with E-state index in [9.17, 15) is 4.79 Å². The van der Waals surface area contributed by atoms with Crippen LogP contribution in [0.2, 0.25) is 0 Å². The van der Waals surface area contributed by atoms with Crippen LogP contribution >= 0.6 is 15.9 Å². The van der Waals surface area contributed by atoms with Gasteiger partial charge in [-0.2, -0.15) is 0 Å². The summed E-state index contributed by atoms with van der Waals surface area (Å²) in [6.45, 7) is 8.83. The number of hydrogen-bond acceptors (Lipinski definition) is 2. The Morgan fingerprint density at radius 3 is 2.65 bits per heavy atom. The zero-order valence-electron chi connectivity index (χ0n) is 10.7. The molecule has 0 fully saturated rings. The first-order valence-corrected chi connectivity index (χ1v) is 6.83. The largest absolute Gasteiger partial charge is 0.296 e. The van der Waals surface area contributed by atoms with Crippen molar-refractivity contribution in [3.8, 4) is 0 Å². The summed E-state index contributed by atoms with van der Waals surface area (Å²) in [5.74, 6) is 0.777. The lowest BCUT2D eigenvalue weighted by Gasteiger charge is -2.21. The number of likely N-dealkylation sites (N-methyl/N-ethyl adjacent to an activating group) is 1. The number of carbonyl (C=O) groups is 1. The zero-order chi connectivity index (χ0) is 12.8. The Balaban J connectivity index is 2.64. The van der Waals surface area contributed by atoms with Crippen molar-refractivity contribution < 1.29 is 4.79 Å². The van der Waals surface area contributed by atoms with Gasteiger partial charge < -0.3 is 0 Å². The molecule has 94 valence electrons. The van der Waals surface area contributed by atoms with Gasteiger partial charge in [0.2, 0.25) is 0 Å². The summed E-state index contributed by atoms with van der Waals surface area (Å²) in [4.78, 5) is 14.3. The summed E-state index contributed by atoms with van der Waals surface area (Å²) >= 11 is 3.39. The van der Waals surface area contributed by atoms with Crippen molar-refractivity contribution in [2.45, 2.75) is 20.8 Å². The molecular weight excluding hydrogens is 278 g/mol. The fraction of sp³-hybridized carbons (Fsp3) is 0.500. The number of ketones is 1. The quantitative estimate of drug-likeness (QED) is 0.748. The van der Waals surface area contributed by atoms with Gasteiger partial charge in [0.15, 0.2) is 5.78 Å². The standard InChI is InChI=1S/C14H20BrNO/c1-4-16(9-11(2)3)10-14(17)12-6-5-7-13(15)8-12/h5-8,11H,4,9-10H2,1-3H3. The van der Waals surface area contributed by atoms with E-state index in [1.165, 1.54) is 0 Å². The molecule has 0 aliphatic heterocycles. The average molecular weight is 298 g/mol. The summed E-state index contributed by atoms with van der Waals surface area (Å²) in [6.07, 6.45) is 0. The van der Waals surface area contributed by atoms with Gasteiger partial charge in [0.1, 0.15) is 0 Å². The molecule has 1 rings (SSSR count). The van der Waals surface area contributed by atoms with Gasteiger partial charge in [-0.05, 0) is 24.6 Å². The molecule has 0 bridgehead atoms. The van der Waals surface area contributed by atoms with E-state index in [-0.39, 0.29) is 5.78 Å². The minimum atomic E-state index is 0.189. The van der Waals surface area contributed by atoms with Crippen LogP contribution in [0, 0.1) is 5.92 Å². The third-order valence-electron chi connectivity index (χ3n) is 2.58. The van der Waals surface area contributed by atoms with E-state index in [0.717, 1.165) is 23.1 Å². The molecule has 1 aromatic rings. The molecule has 0 spiro atoms. The molecule has 0 aliphatic carbocycles. The SMILES string of the molecule is CCN(CC(=O)c1cccc(Br)c1)CC(C)C. The van der Waals surface area contributed by atoms with Crippen LogP contribution in [0.15, 0.2) is 28.7 Å². The number of rotatable bonds is 6. The van der Waals surface area contributed by atoms with Gasteiger partial charge in [-0.1, -0.05) is 48.8 Å². The highest BCUT2D eigenvalue weighted by Crippen LogP contribution is 2.12. The Labute approximate surface area is 112 Å². The number of hydrogen-bond donors (Lipinski definition) is 0. The topological polar surface area (TPSA) is 20.3 Å². The summed E-state index contributed by atoms with van der Waals surface area (Å²) in [5.41, 5.74) is 0.779. The molecule has 0 amide bonds. The molecule has 1 aromatic carbocycles.